The number of hydrogen-bond acceptors (Lipinski definition) is 3. The van der Waals surface area contributed by atoms with Crippen LogP contribution in [0.1, 0.15) is 23.2 Å². The van der Waals surface area contributed by atoms with Crippen molar-refractivity contribution in [1.82, 2.24) is 9.88 Å². The van der Waals surface area contributed by atoms with E-state index in [0.717, 1.165) is 23.3 Å². The quantitative estimate of drug-likeness (QED) is 0.701. The molecule has 1 aliphatic heterocycles. The van der Waals surface area contributed by atoms with Gasteiger partial charge in [-0.1, -0.05) is 24.3 Å². The fourth-order valence-corrected chi connectivity index (χ4v) is 3.40. The van der Waals surface area contributed by atoms with Crippen LogP contribution in [-0.4, -0.2) is 29.0 Å². The molecule has 30 heavy (non-hydrogen) atoms. The Morgan fingerprint density at radius 2 is 2.00 bits per heavy atom. The van der Waals surface area contributed by atoms with Crippen molar-refractivity contribution in [3.05, 3.63) is 76.7 Å². The molecule has 1 aromatic carbocycles. The molecule has 158 valence electrons. The lowest BCUT2D eigenvalue weighted by Gasteiger charge is -2.27. The fraction of sp³-hybridized carbons (Fsp3) is 0.238. The van der Waals surface area contributed by atoms with Gasteiger partial charge in [0.25, 0.3) is 0 Å². The van der Waals surface area contributed by atoms with E-state index in [1.165, 1.54) is 12.1 Å². The van der Waals surface area contributed by atoms with Crippen molar-refractivity contribution in [2.45, 2.75) is 19.0 Å². The Morgan fingerprint density at radius 3 is 2.53 bits per heavy atom. The molecule has 0 radical (unpaired) electrons. The number of nitrogens with zero attached hydrogens (tertiary/aromatic N) is 2. The highest BCUT2D eigenvalue weighted by Gasteiger charge is 2.30. The zero-order chi connectivity index (χ0) is 21.9. The first-order valence-electron chi connectivity index (χ1n) is 9.14. The van der Waals surface area contributed by atoms with Crippen LogP contribution in [0.4, 0.5) is 23.7 Å². The molecular formula is C21H20ClF3N4O. The van der Waals surface area contributed by atoms with Gasteiger partial charge in [-0.3, -0.25) is 4.98 Å². The summed E-state index contributed by atoms with van der Waals surface area (Å²) in [6.45, 7) is 4.43. The number of allylic oxidation sites excluding steroid dienone is 1. The Morgan fingerprint density at radius 1 is 1.30 bits per heavy atom. The number of aromatic nitrogens is 1. The summed E-state index contributed by atoms with van der Waals surface area (Å²) in [5.41, 5.74) is 8.11. The number of carbonyl (C=O) groups is 1. The third kappa shape index (κ3) is 5.33. The highest BCUT2D eigenvalue weighted by molar-refractivity contribution is 6.32. The van der Waals surface area contributed by atoms with Crippen molar-refractivity contribution in [1.29, 1.82) is 0 Å². The molecule has 2 heterocycles. The third-order valence-corrected chi connectivity index (χ3v) is 4.88. The van der Waals surface area contributed by atoms with E-state index >= 15 is 0 Å². The van der Waals surface area contributed by atoms with Crippen LogP contribution in [0.3, 0.4) is 0 Å². The number of benzene rings is 1. The van der Waals surface area contributed by atoms with Crippen molar-refractivity contribution in [3.63, 3.8) is 0 Å². The van der Waals surface area contributed by atoms with Crippen LogP contribution in [0.5, 0.6) is 0 Å². The maximum atomic E-state index is 12.6. The standard InChI is InChI=1S/C21H20ClF3N4O/c1-13(26)10-14-11-18(22)19(27-12-14)15-6-8-29(9-7-15)20(30)28-17-4-2-16(3-5-17)21(23,24)25/h2-6,11-12H,1,7-10,26H2,(H,28,30). The Balaban J connectivity index is 1.62. The number of amides is 2. The molecule has 0 saturated carbocycles. The molecule has 0 fully saturated rings. The average Bonchev–Trinajstić information content (AvgIpc) is 2.67. The van der Waals surface area contributed by atoms with E-state index in [-0.39, 0.29) is 6.03 Å². The lowest BCUT2D eigenvalue weighted by atomic mass is 10.0. The number of urea groups is 1. The minimum atomic E-state index is -4.41. The van der Waals surface area contributed by atoms with Gasteiger partial charge >= 0.3 is 12.2 Å². The molecule has 0 bridgehead atoms. The van der Waals surface area contributed by atoms with Gasteiger partial charge < -0.3 is 16.0 Å². The molecule has 0 atom stereocenters. The average molecular weight is 437 g/mol. The Labute approximate surface area is 177 Å². The van der Waals surface area contributed by atoms with Crippen LogP contribution >= 0.6 is 11.6 Å². The summed E-state index contributed by atoms with van der Waals surface area (Å²) in [5, 5.41) is 3.11. The van der Waals surface area contributed by atoms with Gasteiger partial charge in [-0.05, 0) is 47.9 Å². The van der Waals surface area contributed by atoms with Crippen molar-refractivity contribution in [3.8, 4) is 0 Å². The normalized spacial score (nSPS) is 14.3. The van der Waals surface area contributed by atoms with E-state index < -0.39 is 11.7 Å². The zero-order valence-corrected chi connectivity index (χ0v) is 16.7. The van der Waals surface area contributed by atoms with E-state index in [0.29, 0.717) is 48.0 Å². The van der Waals surface area contributed by atoms with Crippen molar-refractivity contribution in [2.75, 3.05) is 18.4 Å². The zero-order valence-electron chi connectivity index (χ0n) is 16.0. The molecule has 1 aromatic heterocycles. The first-order valence-corrected chi connectivity index (χ1v) is 9.51. The number of hydrogen-bond donors (Lipinski definition) is 2. The number of rotatable bonds is 4. The number of alkyl halides is 3. The molecule has 2 amide bonds. The van der Waals surface area contributed by atoms with E-state index in [1.54, 1.807) is 17.2 Å². The third-order valence-electron chi connectivity index (χ3n) is 4.59. The maximum Gasteiger partial charge on any atom is 0.416 e. The topological polar surface area (TPSA) is 71.2 Å². The van der Waals surface area contributed by atoms with Gasteiger partial charge in [0.2, 0.25) is 0 Å². The number of anilines is 1. The molecule has 0 spiro atoms. The second-order valence-corrected chi connectivity index (χ2v) is 7.35. The van der Waals surface area contributed by atoms with Crippen molar-refractivity contribution >= 4 is 28.9 Å². The molecule has 9 heteroatoms. The largest absolute Gasteiger partial charge is 0.416 e. The van der Waals surface area contributed by atoms with Gasteiger partial charge in [-0.25, -0.2) is 4.79 Å². The molecular weight excluding hydrogens is 417 g/mol. The van der Waals surface area contributed by atoms with Gasteiger partial charge in [0.05, 0.1) is 16.3 Å². The lowest BCUT2D eigenvalue weighted by Crippen LogP contribution is -2.38. The van der Waals surface area contributed by atoms with Crippen molar-refractivity contribution < 1.29 is 18.0 Å². The van der Waals surface area contributed by atoms with Gasteiger partial charge in [-0.15, -0.1) is 0 Å². The molecule has 2 aromatic rings. The van der Waals surface area contributed by atoms with E-state index in [4.69, 9.17) is 17.3 Å². The van der Waals surface area contributed by atoms with Gasteiger partial charge in [0, 0.05) is 37.1 Å². The number of nitrogens with two attached hydrogens (primary N) is 1. The summed E-state index contributed by atoms with van der Waals surface area (Å²) in [4.78, 5) is 18.4. The number of nitrogens with one attached hydrogen (secondary N) is 1. The van der Waals surface area contributed by atoms with E-state index in [9.17, 15) is 18.0 Å². The maximum absolute atomic E-state index is 12.6. The molecule has 0 unspecified atom stereocenters. The number of halogens is 4. The second-order valence-electron chi connectivity index (χ2n) is 6.94. The fourth-order valence-electron chi connectivity index (χ4n) is 3.09. The SMILES string of the molecule is C=C(N)Cc1cnc(C2=CCN(C(=O)Nc3ccc(C(F)(F)F)cc3)CC2)c(Cl)c1. The minimum Gasteiger partial charge on any atom is -0.402 e. The van der Waals surface area contributed by atoms with Crippen LogP contribution in [0.25, 0.3) is 5.57 Å². The molecule has 0 saturated heterocycles. The lowest BCUT2D eigenvalue weighted by molar-refractivity contribution is -0.137. The highest BCUT2D eigenvalue weighted by atomic mass is 35.5. The smallest absolute Gasteiger partial charge is 0.402 e. The molecule has 1 aliphatic rings. The minimum absolute atomic E-state index is 0.296. The number of pyridine rings is 1. The molecule has 3 N–H and O–H groups in total. The summed E-state index contributed by atoms with van der Waals surface area (Å²) in [6, 6.07) is 5.73. The first kappa shape index (κ1) is 21.7. The van der Waals surface area contributed by atoms with Crippen LogP contribution < -0.4 is 11.1 Å². The van der Waals surface area contributed by atoms with Crippen LogP contribution in [0, 0.1) is 0 Å². The monoisotopic (exact) mass is 436 g/mol. The van der Waals surface area contributed by atoms with Crippen molar-refractivity contribution in [2.24, 2.45) is 5.73 Å². The summed E-state index contributed by atoms with van der Waals surface area (Å²) >= 11 is 6.35. The summed E-state index contributed by atoms with van der Waals surface area (Å²) < 4.78 is 37.9. The first-order chi connectivity index (χ1) is 14.1. The van der Waals surface area contributed by atoms with Gasteiger partial charge in [-0.2, -0.15) is 13.2 Å². The van der Waals surface area contributed by atoms with Gasteiger partial charge in [0.15, 0.2) is 0 Å². The Bertz CT molecular complexity index is 987. The number of carbonyl (C=O) groups excluding carboxylic acids is 1. The molecule has 3 rings (SSSR count). The Kier molecular flexibility index (Phi) is 6.36. The predicted molar refractivity (Wildman–Crippen MR) is 111 cm³/mol. The van der Waals surface area contributed by atoms with E-state index in [1.807, 2.05) is 6.08 Å². The summed E-state index contributed by atoms with van der Waals surface area (Å²) in [6.07, 6.45) is 0.192. The molecule has 5 nitrogen and oxygen atoms in total. The predicted octanol–water partition coefficient (Wildman–Crippen LogP) is 5.09. The Hall–Kier alpha value is -3.00. The molecule has 0 aliphatic carbocycles. The van der Waals surface area contributed by atoms with E-state index in [2.05, 4.69) is 16.9 Å². The van der Waals surface area contributed by atoms with Crippen LogP contribution in [0.15, 0.2) is 54.9 Å². The highest BCUT2D eigenvalue weighted by Crippen LogP contribution is 2.30. The van der Waals surface area contributed by atoms with Crippen LogP contribution in [0.2, 0.25) is 5.02 Å². The van der Waals surface area contributed by atoms with Gasteiger partial charge in [0.1, 0.15) is 0 Å². The second kappa shape index (κ2) is 8.79. The van der Waals surface area contributed by atoms with Crippen LogP contribution in [-0.2, 0) is 12.6 Å². The summed E-state index contributed by atoms with van der Waals surface area (Å²) in [7, 11) is 0. The summed E-state index contributed by atoms with van der Waals surface area (Å²) in [5.74, 6) is 0.